The number of alkyl halides is 6. The molecule has 3 rings (SSSR count). The summed E-state index contributed by atoms with van der Waals surface area (Å²) in [6, 6.07) is 12.3. The van der Waals surface area contributed by atoms with Gasteiger partial charge in [0.2, 0.25) is 0 Å². The molecule has 11 heteroatoms. The average molecular weight is 455 g/mol. The van der Waals surface area contributed by atoms with Gasteiger partial charge in [0.15, 0.2) is 0 Å². The van der Waals surface area contributed by atoms with E-state index in [9.17, 15) is 35.9 Å². The van der Waals surface area contributed by atoms with E-state index in [1.165, 1.54) is 12.1 Å². The Kier molecular flexibility index (Phi) is 6.37. The van der Waals surface area contributed by atoms with Crippen LogP contribution in [0.15, 0.2) is 65.5 Å². The number of hydrogen-bond donors (Lipinski definition) is 1. The first-order valence-corrected chi connectivity index (χ1v) is 9.16. The number of hydrogen-bond acceptors (Lipinski definition) is 3. The van der Waals surface area contributed by atoms with E-state index >= 15 is 0 Å². The average Bonchev–Trinajstić information content (AvgIpc) is 2.74. The first kappa shape index (κ1) is 23.0. The molecule has 0 unspecified atom stereocenters. The van der Waals surface area contributed by atoms with Crippen LogP contribution in [0.1, 0.15) is 21.5 Å². The Bertz CT molecular complexity index is 1140. The maximum absolute atomic E-state index is 12.9. The van der Waals surface area contributed by atoms with Gasteiger partial charge in [-0.1, -0.05) is 30.3 Å². The molecule has 0 aliphatic rings. The van der Waals surface area contributed by atoms with Crippen LogP contribution >= 0.6 is 0 Å². The fraction of sp³-hybridized carbons (Fsp3) is 0.190. The van der Waals surface area contributed by atoms with Gasteiger partial charge in [-0.2, -0.15) is 31.4 Å². The van der Waals surface area contributed by atoms with Crippen LogP contribution in [0.2, 0.25) is 0 Å². The van der Waals surface area contributed by atoms with Crippen LogP contribution in [0.25, 0.3) is 11.3 Å². The Morgan fingerprint density at radius 3 is 2.03 bits per heavy atom. The largest absolute Gasteiger partial charge is 0.416 e. The highest BCUT2D eigenvalue weighted by molar-refractivity contribution is 5.94. The third-order valence-electron chi connectivity index (χ3n) is 4.40. The molecule has 0 spiro atoms. The summed E-state index contributed by atoms with van der Waals surface area (Å²) in [6.07, 6.45) is -10.1. The summed E-state index contributed by atoms with van der Waals surface area (Å²) < 4.78 is 78.7. The molecule has 32 heavy (non-hydrogen) atoms. The predicted molar refractivity (Wildman–Crippen MR) is 103 cm³/mol. The van der Waals surface area contributed by atoms with Gasteiger partial charge in [0.05, 0.1) is 23.4 Å². The molecule has 1 amide bonds. The van der Waals surface area contributed by atoms with Crippen molar-refractivity contribution in [1.29, 1.82) is 0 Å². The van der Waals surface area contributed by atoms with Crippen LogP contribution in [0.3, 0.4) is 0 Å². The molecule has 0 saturated heterocycles. The van der Waals surface area contributed by atoms with E-state index < -0.39 is 40.5 Å². The van der Waals surface area contributed by atoms with Crippen molar-refractivity contribution in [1.82, 2.24) is 15.1 Å². The van der Waals surface area contributed by atoms with Crippen molar-refractivity contribution in [3.8, 4) is 11.3 Å². The summed E-state index contributed by atoms with van der Waals surface area (Å²) >= 11 is 0. The van der Waals surface area contributed by atoms with Crippen LogP contribution in [0, 0.1) is 0 Å². The number of rotatable bonds is 5. The number of benzene rings is 2. The summed E-state index contributed by atoms with van der Waals surface area (Å²) in [4.78, 5) is 24.2. The third kappa shape index (κ3) is 5.54. The molecule has 0 atom stereocenters. The first-order valence-electron chi connectivity index (χ1n) is 9.16. The normalized spacial score (nSPS) is 11.9. The Balaban J connectivity index is 1.76. The summed E-state index contributed by atoms with van der Waals surface area (Å²) in [6.45, 7) is -0.391. The summed E-state index contributed by atoms with van der Waals surface area (Å²) in [5.41, 5.74) is -3.27. The molecule has 3 aromatic rings. The SMILES string of the molecule is O=C(NCCn1nc(-c2ccccc2)ccc1=O)c1cc(C(F)(F)F)cc(C(F)(F)F)c1. The lowest BCUT2D eigenvalue weighted by molar-refractivity contribution is -0.143. The number of nitrogens with one attached hydrogen (secondary N) is 1. The molecule has 0 aliphatic carbocycles. The number of nitrogens with zero attached hydrogens (tertiary/aromatic N) is 2. The van der Waals surface area contributed by atoms with E-state index in [-0.39, 0.29) is 19.2 Å². The zero-order valence-electron chi connectivity index (χ0n) is 16.2. The highest BCUT2D eigenvalue weighted by Crippen LogP contribution is 2.36. The molecule has 1 aromatic heterocycles. The van der Waals surface area contributed by atoms with Crippen molar-refractivity contribution in [2.75, 3.05) is 6.54 Å². The monoisotopic (exact) mass is 455 g/mol. The Hall–Kier alpha value is -3.63. The minimum atomic E-state index is -5.06. The molecule has 0 fully saturated rings. The minimum absolute atomic E-state index is 0.0602. The van der Waals surface area contributed by atoms with Gasteiger partial charge in [0, 0.05) is 23.7 Å². The third-order valence-corrected chi connectivity index (χ3v) is 4.40. The molecule has 168 valence electrons. The minimum Gasteiger partial charge on any atom is -0.350 e. The van der Waals surface area contributed by atoms with Crippen molar-refractivity contribution in [2.45, 2.75) is 18.9 Å². The van der Waals surface area contributed by atoms with Crippen molar-refractivity contribution < 1.29 is 31.1 Å². The first-order chi connectivity index (χ1) is 14.9. The topological polar surface area (TPSA) is 64.0 Å². The fourth-order valence-electron chi connectivity index (χ4n) is 2.84. The molecule has 5 nitrogen and oxygen atoms in total. The van der Waals surface area contributed by atoms with Crippen LogP contribution in [0.4, 0.5) is 26.3 Å². The second kappa shape index (κ2) is 8.85. The van der Waals surface area contributed by atoms with Gasteiger partial charge in [0.1, 0.15) is 0 Å². The lowest BCUT2D eigenvalue weighted by Crippen LogP contribution is -2.32. The zero-order chi connectivity index (χ0) is 23.5. The summed E-state index contributed by atoms with van der Waals surface area (Å²) in [5.74, 6) is -1.14. The molecular weight excluding hydrogens is 440 g/mol. The maximum Gasteiger partial charge on any atom is 0.416 e. The molecule has 1 heterocycles. The van der Waals surface area contributed by atoms with Gasteiger partial charge in [-0.3, -0.25) is 9.59 Å². The van der Waals surface area contributed by atoms with Gasteiger partial charge in [-0.25, -0.2) is 4.68 Å². The predicted octanol–water partition coefficient (Wildman–Crippen LogP) is 4.38. The van der Waals surface area contributed by atoms with Gasteiger partial charge in [-0.15, -0.1) is 0 Å². The molecule has 0 saturated carbocycles. The van der Waals surface area contributed by atoms with Crippen LogP contribution in [-0.4, -0.2) is 22.2 Å². The van der Waals surface area contributed by atoms with Crippen molar-refractivity contribution >= 4 is 5.91 Å². The van der Waals surface area contributed by atoms with Gasteiger partial charge >= 0.3 is 12.4 Å². The number of amides is 1. The second-order valence-corrected chi connectivity index (χ2v) is 6.70. The Labute approximate surface area is 177 Å². The van der Waals surface area contributed by atoms with E-state index in [1.54, 1.807) is 30.3 Å². The smallest absolute Gasteiger partial charge is 0.350 e. The number of aromatic nitrogens is 2. The van der Waals surface area contributed by atoms with Crippen LogP contribution in [0.5, 0.6) is 0 Å². The number of carbonyl (C=O) groups excluding carboxylic acids is 1. The Morgan fingerprint density at radius 1 is 0.875 bits per heavy atom. The van der Waals surface area contributed by atoms with E-state index in [0.29, 0.717) is 17.8 Å². The number of halogens is 6. The van der Waals surface area contributed by atoms with Crippen molar-refractivity contribution in [2.24, 2.45) is 0 Å². The maximum atomic E-state index is 12.9. The van der Waals surface area contributed by atoms with Gasteiger partial charge in [-0.05, 0) is 24.3 Å². The van der Waals surface area contributed by atoms with Gasteiger partial charge in [0.25, 0.3) is 11.5 Å². The Morgan fingerprint density at radius 2 is 1.47 bits per heavy atom. The van der Waals surface area contributed by atoms with Crippen molar-refractivity contribution in [3.05, 3.63) is 87.7 Å². The molecular formula is C21H15F6N3O2. The molecule has 0 bridgehead atoms. The standard InChI is InChI=1S/C21H15F6N3O2/c22-20(23,24)15-10-14(11-16(12-15)21(25,26)27)19(32)28-8-9-30-18(31)7-6-17(29-30)13-4-2-1-3-5-13/h1-7,10-12H,8-9H2,(H,28,32). The number of carbonyl (C=O) groups is 1. The highest BCUT2D eigenvalue weighted by Gasteiger charge is 2.37. The molecule has 1 N–H and O–H groups in total. The fourth-order valence-corrected chi connectivity index (χ4v) is 2.84. The van der Waals surface area contributed by atoms with Crippen LogP contribution < -0.4 is 10.9 Å². The summed E-state index contributed by atoms with van der Waals surface area (Å²) in [7, 11) is 0. The quantitative estimate of drug-likeness (QED) is 0.581. The molecule has 0 aliphatic heterocycles. The van der Waals surface area contributed by atoms with Gasteiger partial charge < -0.3 is 5.32 Å². The molecule has 0 radical (unpaired) electrons. The summed E-state index contributed by atoms with van der Waals surface area (Å²) in [5, 5.41) is 6.38. The zero-order valence-corrected chi connectivity index (χ0v) is 16.2. The van der Waals surface area contributed by atoms with E-state index in [1.807, 2.05) is 0 Å². The van der Waals surface area contributed by atoms with E-state index in [2.05, 4.69) is 10.4 Å². The lowest BCUT2D eigenvalue weighted by Gasteiger charge is -2.14. The van der Waals surface area contributed by atoms with Crippen molar-refractivity contribution in [3.63, 3.8) is 0 Å². The van der Waals surface area contributed by atoms with Crippen LogP contribution in [-0.2, 0) is 18.9 Å². The molecule has 2 aromatic carbocycles. The second-order valence-electron chi connectivity index (χ2n) is 6.70. The lowest BCUT2D eigenvalue weighted by atomic mass is 10.0. The highest BCUT2D eigenvalue weighted by atomic mass is 19.4. The van der Waals surface area contributed by atoms with E-state index in [0.717, 1.165) is 10.2 Å². The van der Waals surface area contributed by atoms with E-state index in [4.69, 9.17) is 0 Å².